The first-order chi connectivity index (χ1) is 9.74. The van der Waals surface area contributed by atoms with Crippen molar-refractivity contribution < 1.29 is 0 Å². The molecular formula is C19H27N. The van der Waals surface area contributed by atoms with E-state index in [0.717, 1.165) is 30.2 Å². The normalized spacial score (nSPS) is 42.1. The van der Waals surface area contributed by atoms with E-state index in [1.807, 2.05) is 0 Å². The van der Waals surface area contributed by atoms with Crippen molar-refractivity contribution in [2.75, 3.05) is 6.54 Å². The van der Waals surface area contributed by atoms with Gasteiger partial charge < -0.3 is 5.73 Å². The van der Waals surface area contributed by atoms with Crippen LogP contribution in [0.5, 0.6) is 0 Å². The Morgan fingerprint density at radius 2 is 1.60 bits per heavy atom. The molecule has 4 aliphatic carbocycles. The van der Waals surface area contributed by atoms with Crippen LogP contribution in [-0.4, -0.2) is 6.54 Å². The monoisotopic (exact) mass is 269 g/mol. The van der Waals surface area contributed by atoms with E-state index in [1.54, 1.807) is 5.56 Å². The maximum atomic E-state index is 6.08. The molecule has 0 aromatic heterocycles. The summed E-state index contributed by atoms with van der Waals surface area (Å²) in [5.41, 5.74) is 9.62. The summed E-state index contributed by atoms with van der Waals surface area (Å²) in [4.78, 5) is 0. The van der Waals surface area contributed by atoms with Gasteiger partial charge in [-0.1, -0.05) is 24.3 Å². The Morgan fingerprint density at radius 3 is 2.15 bits per heavy atom. The third-order valence-electron chi connectivity index (χ3n) is 6.80. The molecule has 4 bridgehead atoms. The Morgan fingerprint density at radius 1 is 1.00 bits per heavy atom. The molecule has 1 nitrogen and oxygen atoms in total. The van der Waals surface area contributed by atoms with E-state index in [4.69, 9.17) is 5.73 Å². The van der Waals surface area contributed by atoms with E-state index < -0.39 is 0 Å². The second-order valence-corrected chi connectivity index (χ2v) is 7.70. The molecule has 0 radical (unpaired) electrons. The van der Waals surface area contributed by atoms with Crippen LogP contribution in [-0.2, 0) is 5.41 Å². The highest BCUT2D eigenvalue weighted by atomic mass is 14.6. The predicted molar refractivity (Wildman–Crippen MR) is 83.6 cm³/mol. The summed E-state index contributed by atoms with van der Waals surface area (Å²) in [6.07, 6.45) is 8.62. The summed E-state index contributed by atoms with van der Waals surface area (Å²) in [7, 11) is 0. The van der Waals surface area contributed by atoms with Gasteiger partial charge in [-0.15, -0.1) is 0 Å². The minimum atomic E-state index is 0.410. The Kier molecular flexibility index (Phi) is 2.96. The largest absolute Gasteiger partial charge is 0.330 e. The van der Waals surface area contributed by atoms with Crippen molar-refractivity contribution in [2.24, 2.45) is 29.4 Å². The fraction of sp³-hybridized carbons (Fsp3) is 0.684. The molecule has 4 aliphatic rings. The quantitative estimate of drug-likeness (QED) is 0.880. The van der Waals surface area contributed by atoms with Crippen LogP contribution in [0.25, 0.3) is 0 Å². The first kappa shape index (κ1) is 12.9. The minimum Gasteiger partial charge on any atom is -0.330 e. The average Bonchev–Trinajstić information content (AvgIpc) is 2.43. The molecule has 2 N–H and O–H groups in total. The molecule has 0 unspecified atom stereocenters. The van der Waals surface area contributed by atoms with Gasteiger partial charge in [0.25, 0.3) is 0 Å². The first-order valence-electron chi connectivity index (χ1n) is 8.50. The zero-order chi connectivity index (χ0) is 13.7. The minimum absolute atomic E-state index is 0.410. The molecule has 0 aliphatic heterocycles. The van der Waals surface area contributed by atoms with Gasteiger partial charge in [-0.2, -0.15) is 0 Å². The molecule has 20 heavy (non-hydrogen) atoms. The Hall–Kier alpha value is -0.820. The maximum Gasteiger partial charge on any atom is 0.00244 e. The molecular weight excluding hydrogens is 242 g/mol. The van der Waals surface area contributed by atoms with Crippen LogP contribution in [0.1, 0.15) is 49.7 Å². The van der Waals surface area contributed by atoms with Crippen LogP contribution >= 0.6 is 0 Å². The molecule has 1 aromatic rings. The fourth-order valence-corrected chi connectivity index (χ4v) is 6.34. The molecule has 0 amide bonds. The first-order valence-corrected chi connectivity index (χ1v) is 8.50. The lowest BCUT2D eigenvalue weighted by Crippen LogP contribution is -2.56. The van der Waals surface area contributed by atoms with Crippen molar-refractivity contribution in [3.63, 3.8) is 0 Å². The highest BCUT2D eigenvalue weighted by Crippen LogP contribution is 2.64. The van der Waals surface area contributed by atoms with E-state index in [-0.39, 0.29) is 0 Å². The maximum absolute atomic E-state index is 6.08. The van der Waals surface area contributed by atoms with Crippen molar-refractivity contribution in [3.05, 3.63) is 35.4 Å². The summed E-state index contributed by atoms with van der Waals surface area (Å²) >= 11 is 0. The second kappa shape index (κ2) is 4.59. The highest BCUT2D eigenvalue weighted by Gasteiger charge is 2.57. The van der Waals surface area contributed by atoms with Gasteiger partial charge in [0.05, 0.1) is 0 Å². The number of aryl methyl sites for hydroxylation is 1. The lowest BCUT2D eigenvalue weighted by Gasteiger charge is -2.62. The third kappa shape index (κ3) is 1.65. The van der Waals surface area contributed by atoms with Crippen LogP contribution in [0, 0.1) is 30.6 Å². The average molecular weight is 269 g/mol. The number of rotatable bonds is 3. The smallest absolute Gasteiger partial charge is 0.00244 e. The fourth-order valence-electron chi connectivity index (χ4n) is 6.34. The van der Waals surface area contributed by atoms with E-state index in [9.17, 15) is 0 Å². The topological polar surface area (TPSA) is 26.0 Å². The molecule has 4 fully saturated rings. The van der Waals surface area contributed by atoms with Crippen molar-refractivity contribution in [1.29, 1.82) is 0 Å². The molecule has 1 aromatic carbocycles. The number of hydrogen-bond acceptors (Lipinski definition) is 1. The zero-order valence-electron chi connectivity index (χ0n) is 12.6. The lowest BCUT2D eigenvalue weighted by molar-refractivity contribution is -0.0641. The second-order valence-electron chi connectivity index (χ2n) is 7.70. The van der Waals surface area contributed by atoms with Gasteiger partial charge in [0.15, 0.2) is 0 Å². The molecule has 0 spiro atoms. The van der Waals surface area contributed by atoms with E-state index in [2.05, 4.69) is 31.2 Å². The number of nitrogens with two attached hydrogens (primary N) is 1. The van der Waals surface area contributed by atoms with Gasteiger partial charge in [0.2, 0.25) is 0 Å². The molecule has 108 valence electrons. The van der Waals surface area contributed by atoms with Gasteiger partial charge in [-0.3, -0.25) is 0 Å². The summed E-state index contributed by atoms with van der Waals surface area (Å²) in [5.74, 6) is 3.88. The van der Waals surface area contributed by atoms with Gasteiger partial charge in [0, 0.05) is 5.41 Å². The molecule has 4 saturated carbocycles. The van der Waals surface area contributed by atoms with Gasteiger partial charge >= 0.3 is 0 Å². The van der Waals surface area contributed by atoms with Crippen LogP contribution in [0.15, 0.2) is 24.3 Å². The molecule has 0 saturated heterocycles. The van der Waals surface area contributed by atoms with Crippen LogP contribution in [0.4, 0.5) is 0 Å². The Labute approximate surface area is 122 Å². The van der Waals surface area contributed by atoms with Crippen molar-refractivity contribution in [3.8, 4) is 0 Å². The van der Waals surface area contributed by atoms with Crippen molar-refractivity contribution >= 4 is 0 Å². The van der Waals surface area contributed by atoms with Crippen molar-refractivity contribution in [2.45, 2.75) is 50.9 Å². The molecule has 0 atom stereocenters. The number of benzene rings is 1. The third-order valence-corrected chi connectivity index (χ3v) is 6.80. The lowest BCUT2D eigenvalue weighted by atomic mass is 9.42. The summed E-state index contributed by atoms with van der Waals surface area (Å²) < 4.78 is 0. The summed E-state index contributed by atoms with van der Waals surface area (Å²) in [6.45, 7) is 3.15. The molecule has 5 rings (SSSR count). The highest BCUT2D eigenvalue weighted by molar-refractivity contribution is 5.37. The van der Waals surface area contributed by atoms with Crippen molar-refractivity contribution in [1.82, 2.24) is 0 Å². The standard InChI is InChI=1S/C19H27N/c1-13-4-2-3-5-18(13)19(6-7-20)16-9-14-8-15(11-16)12-17(19)10-14/h2-5,14-17H,6-12,20H2,1H3. The van der Waals surface area contributed by atoms with E-state index in [1.165, 1.54) is 44.1 Å². The number of hydrogen-bond donors (Lipinski definition) is 1. The van der Waals surface area contributed by atoms with Gasteiger partial charge in [-0.25, -0.2) is 0 Å². The zero-order valence-corrected chi connectivity index (χ0v) is 12.6. The van der Waals surface area contributed by atoms with Gasteiger partial charge in [-0.05, 0) is 86.8 Å². The van der Waals surface area contributed by atoms with Crippen LogP contribution in [0.3, 0.4) is 0 Å². The Balaban J connectivity index is 1.83. The molecule has 0 heterocycles. The van der Waals surface area contributed by atoms with Crippen LogP contribution in [0.2, 0.25) is 0 Å². The summed E-state index contributed by atoms with van der Waals surface area (Å²) in [6, 6.07) is 9.14. The van der Waals surface area contributed by atoms with Crippen LogP contribution < -0.4 is 5.73 Å². The SMILES string of the molecule is Cc1ccccc1C1(CCN)C2CC3CC(C2)CC1C3. The summed E-state index contributed by atoms with van der Waals surface area (Å²) in [5, 5.41) is 0. The predicted octanol–water partition coefficient (Wildman–Crippen LogP) is 4.04. The van der Waals surface area contributed by atoms with E-state index in [0.29, 0.717) is 5.41 Å². The Bertz CT molecular complexity index is 476. The molecule has 1 heteroatoms. The van der Waals surface area contributed by atoms with Gasteiger partial charge in [0.1, 0.15) is 0 Å². The van der Waals surface area contributed by atoms with E-state index >= 15 is 0 Å².